The lowest BCUT2D eigenvalue weighted by Gasteiger charge is -2.36. The fourth-order valence-electron chi connectivity index (χ4n) is 2.53. The summed E-state index contributed by atoms with van der Waals surface area (Å²) in [4.78, 5) is 19.1. The van der Waals surface area contributed by atoms with Gasteiger partial charge in [-0.25, -0.2) is 4.98 Å². The smallest absolute Gasteiger partial charge is 0.274 e. The van der Waals surface area contributed by atoms with Gasteiger partial charge in [0, 0.05) is 44.1 Å². The highest BCUT2D eigenvalue weighted by molar-refractivity contribution is 5.51. The van der Waals surface area contributed by atoms with Crippen LogP contribution in [0.5, 0.6) is 0 Å². The molecule has 2 heterocycles. The summed E-state index contributed by atoms with van der Waals surface area (Å²) in [5.74, 6) is 0.678. The van der Waals surface area contributed by atoms with Crippen LogP contribution in [0, 0.1) is 10.1 Å². The molecule has 0 spiro atoms. The lowest BCUT2D eigenvalue weighted by molar-refractivity contribution is -0.384. The van der Waals surface area contributed by atoms with Gasteiger partial charge in [0.25, 0.3) is 5.69 Å². The van der Waals surface area contributed by atoms with Crippen molar-refractivity contribution in [2.24, 2.45) is 0 Å². The van der Waals surface area contributed by atoms with Crippen LogP contribution in [0.15, 0.2) is 48.7 Å². The first-order chi connectivity index (χ1) is 10.2. The summed E-state index contributed by atoms with van der Waals surface area (Å²) in [6.07, 6.45) is 1.50. The Labute approximate surface area is 122 Å². The fraction of sp³-hybridized carbons (Fsp3) is 0.267. The molecule has 6 nitrogen and oxygen atoms in total. The molecule has 3 rings (SSSR count). The van der Waals surface area contributed by atoms with E-state index in [1.54, 1.807) is 0 Å². The molecular formula is C15H16N4O2. The molecule has 0 atom stereocenters. The molecule has 0 unspecified atom stereocenters. The largest absolute Gasteiger partial charge is 0.368 e. The first-order valence-electron chi connectivity index (χ1n) is 6.89. The zero-order valence-electron chi connectivity index (χ0n) is 11.6. The van der Waals surface area contributed by atoms with Crippen molar-refractivity contribution in [3.63, 3.8) is 0 Å². The SMILES string of the molecule is O=[N+]([O-])c1ccnc(N2CCN(c3ccccc3)CC2)c1. The van der Waals surface area contributed by atoms with E-state index in [4.69, 9.17) is 0 Å². The van der Waals surface area contributed by atoms with Crippen LogP contribution in [0.2, 0.25) is 0 Å². The molecule has 1 aromatic carbocycles. The number of piperazine rings is 1. The predicted molar refractivity (Wildman–Crippen MR) is 81.8 cm³/mol. The minimum atomic E-state index is -0.384. The van der Waals surface area contributed by atoms with Crippen molar-refractivity contribution >= 4 is 17.2 Å². The zero-order chi connectivity index (χ0) is 14.7. The Morgan fingerprint density at radius 2 is 1.67 bits per heavy atom. The summed E-state index contributed by atoms with van der Waals surface area (Å²) < 4.78 is 0. The molecule has 0 amide bonds. The topological polar surface area (TPSA) is 62.5 Å². The monoisotopic (exact) mass is 284 g/mol. The van der Waals surface area contributed by atoms with Crippen molar-refractivity contribution in [3.05, 3.63) is 58.8 Å². The molecule has 1 fully saturated rings. The highest BCUT2D eigenvalue weighted by Crippen LogP contribution is 2.21. The number of hydrogen-bond donors (Lipinski definition) is 0. The Kier molecular flexibility index (Phi) is 3.68. The molecule has 0 saturated carbocycles. The number of para-hydroxylation sites is 1. The number of nitro groups is 1. The number of anilines is 2. The highest BCUT2D eigenvalue weighted by Gasteiger charge is 2.19. The first-order valence-corrected chi connectivity index (χ1v) is 6.89. The number of benzene rings is 1. The van der Waals surface area contributed by atoms with Crippen LogP contribution in [-0.4, -0.2) is 36.1 Å². The maximum Gasteiger partial charge on any atom is 0.274 e. The molecule has 0 radical (unpaired) electrons. The Hall–Kier alpha value is -2.63. The quantitative estimate of drug-likeness (QED) is 0.639. The Morgan fingerprint density at radius 3 is 2.33 bits per heavy atom. The van der Waals surface area contributed by atoms with Crippen LogP contribution in [0.3, 0.4) is 0 Å². The molecule has 0 bridgehead atoms. The van der Waals surface area contributed by atoms with Crippen molar-refractivity contribution in [3.8, 4) is 0 Å². The summed E-state index contributed by atoms with van der Waals surface area (Å²) in [6.45, 7) is 3.38. The van der Waals surface area contributed by atoms with Gasteiger partial charge in [0.05, 0.1) is 11.0 Å². The van der Waals surface area contributed by atoms with Crippen LogP contribution in [0.25, 0.3) is 0 Å². The summed E-state index contributed by atoms with van der Waals surface area (Å²) >= 11 is 0. The van der Waals surface area contributed by atoms with Gasteiger partial charge in [-0.2, -0.15) is 0 Å². The second-order valence-corrected chi connectivity index (χ2v) is 4.94. The Morgan fingerprint density at radius 1 is 1.00 bits per heavy atom. The van der Waals surface area contributed by atoms with Gasteiger partial charge in [0.1, 0.15) is 5.82 Å². The molecule has 1 aliphatic rings. The lowest BCUT2D eigenvalue weighted by Crippen LogP contribution is -2.46. The third-order valence-electron chi connectivity index (χ3n) is 3.66. The maximum absolute atomic E-state index is 10.8. The van der Waals surface area contributed by atoms with Crippen molar-refractivity contribution in [1.82, 2.24) is 4.98 Å². The first kappa shape index (κ1) is 13.4. The van der Waals surface area contributed by atoms with E-state index in [2.05, 4.69) is 26.9 Å². The van der Waals surface area contributed by atoms with Crippen LogP contribution in [0.1, 0.15) is 0 Å². The number of hydrogen-bond acceptors (Lipinski definition) is 5. The molecular weight excluding hydrogens is 268 g/mol. The Balaban J connectivity index is 1.68. The normalized spacial score (nSPS) is 15.0. The van der Waals surface area contributed by atoms with Gasteiger partial charge in [0.2, 0.25) is 0 Å². The van der Waals surface area contributed by atoms with Crippen LogP contribution < -0.4 is 9.80 Å². The summed E-state index contributed by atoms with van der Waals surface area (Å²) in [5, 5.41) is 10.8. The summed E-state index contributed by atoms with van der Waals surface area (Å²) in [7, 11) is 0. The minimum absolute atomic E-state index is 0.0884. The van der Waals surface area contributed by atoms with Gasteiger partial charge in [-0.15, -0.1) is 0 Å². The predicted octanol–water partition coefficient (Wildman–Crippen LogP) is 2.32. The fourth-order valence-corrected chi connectivity index (χ4v) is 2.53. The van der Waals surface area contributed by atoms with Crippen molar-refractivity contribution in [2.75, 3.05) is 36.0 Å². The molecule has 1 saturated heterocycles. The molecule has 21 heavy (non-hydrogen) atoms. The average Bonchev–Trinajstić information content (AvgIpc) is 2.56. The number of pyridine rings is 1. The highest BCUT2D eigenvalue weighted by atomic mass is 16.6. The second-order valence-electron chi connectivity index (χ2n) is 4.94. The van der Waals surface area contributed by atoms with Crippen LogP contribution in [-0.2, 0) is 0 Å². The van der Waals surface area contributed by atoms with Crippen LogP contribution in [0.4, 0.5) is 17.2 Å². The third-order valence-corrected chi connectivity index (χ3v) is 3.66. The van der Waals surface area contributed by atoms with Crippen LogP contribution >= 0.6 is 0 Å². The van der Waals surface area contributed by atoms with E-state index < -0.39 is 0 Å². The molecule has 1 aromatic heterocycles. The molecule has 2 aromatic rings. The average molecular weight is 284 g/mol. The lowest BCUT2D eigenvalue weighted by atomic mass is 10.2. The maximum atomic E-state index is 10.8. The molecule has 0 aliphatic carbocycles. The minimum Gasteiger partial charge on any atom is -0.368 e. The van der Waals surface area contributed by atoms with Crippen molar-refractivity contribution in [1.29, 1.82) is 0 Å². The van der Waals surface area contributed by atoms with E-state index in [0.29, 0.717) is 5.82 Å². The number of aromatic nitrogens is 1. The van der Waals surface area contributed by atoms with Crippen molar-refractivity contribution in [2.45, 2.75) is 0 Å². The number of rotatable bonds is 3. The molecule has 6 heteroatoms. The summed E-state index contributed by atoms with van der Waals surface area (Å²) in [5.41, 5.74) is 1.30. The van der Waals surface area contributed by atoms with Gasteiger partial charge in [-0.3, -0.25) is 10.1 Å². The van der Waals surface area contributed by atoms with Gasteiger partial charge >= 0.3 is 0 Å². The van der Waals surface area contributed by atoms with E-state index >= 15 is 0 Å². The van der Waals surface area contributed by atoms with E-state index in [-0.39, 0.29) is 10.6 Å². The molecule has 108 valence electrons. The van der Waals surface area contributed by atoms with E-state index in [9.17, 15) is 10.1 Å². The van der Waals surface area contributed by atoms with Gasteiger partial charge in [-0.05, 0) is 12.1 Å². The Bertz CT molecular complexity index is 625. The van der Waals surface area contributed by atoms with E-state index in [0.717, 1.165) is 26.2 Å². The number of nitrogens with zero attached hydrogens (tertiary/aromatic N) is 4. The molecule has 1 aliphatic heterocycles. The van der Waals surface area contributed by atoms with E-state index in [1.165, 1.54) is 24.0 Å². The van der Waals surface area contributed by atoms with Gasteiger partial charge in [-0.1, -0.05) is 18.2 Å². The summed E-state index contributed by atoms with van der Waals surface area (Å²) in [6, 6.07) is 13.2. The molecule has 0 N–H and O–H groups in total. The van der Waals surface area contributed by atoms with E-state index in [1.807, 2.05) is 18.2 Å². The van der Waals surface area contributed by atoms with Crippen molar-refractivity contribution < 1.29 is 4.92 Å². The second kappa shape index (κ2) is 5.78. The third kappa shape index (κ3) is 2.94. The van der Waals surface area contributed by atoms with Gasteiger partial charge in [0.15, 0.2) is 0 Å². The van der Waals surface area contributed by atoms with Gasteiger partial charge < -0.3 is 9.80 Å². The standard InChI is InChI=1S/C15H16N4O2/c20-19(21)14-6-7-16-15(12-14)18-10-8-17(9-11-18)13-4-2-1-3-5-13/h1-7,12H,8-11H2. The zero-order valence-corrected chi connectivity index (χ0v) is 11.6.